The number of nitrogens with zero attached hydrogens (tertiary/aromatic N) is 4. The van der Waals surface area contributed by atoms with E-state index in [1.165, 1.54) is 25.5 Å². The van der Waals surface area contributed by atoms with Gasteiger partial charge in [-0.1, -0.05) is 0 Å². The van der Waals surface area contributed by atoms with E-state index in [4.69, 9.17) is 5.26 Å². The van der Waals surface area contributed by atoms with E-state index in [9.17, 15) is 13.2 Å². The molecule has 0 aliphatic carbocycles. The van der Waals surface area contributed by atoms with Gasteiger partial charge in [0.2, 0.25) is 0 Å². The Labute approximate surface area is 117 Å². The Morgan fingerprint density at radius 2 is 1.81 bits per heavy atom. The van der Waals surface area contributed by atoms with Crippen LogP contribution in [0, 0.1) is 11.3 Å². The molecule has 0 aromatic carbocycles. The number of aromatic nitrogens is 3. The summed E-state index contributed by atoms with van der Waals surface area (Å²) in [5, 5.41) is 13.8. The molecule has 0 radical (unpaired) electrons. The van der Waals surface area contributed by atoms with Crippen molar-refractivity contribution < 1.29 is 13.2 Å². The maximum atomic E-state index is 12.7. The second kappa shape index (κ2) is 5.62. The zero-order valence-corrected chi connectivity index (χ0v) is 10.7. The lowest BCUT2D eigenvalue weighted by molar-refractivity contribution is -0.137. The number of nitriles is 1. The summed E-state index contributed by atoms with van der Waals surface area (Å²) in [6, 6.07) is 3.02. The number of halogens is 3. The molecule has 0 amide bonds. The summed E-state index contributed by atoms with van der Waals surface area (Å²) >= 11 is 0. The van der Waals surface area contributed by atoms with E-state index in [0.717, 1.165) is 6.20 Å². The maximum Gasteiger partial charge on any atom is 0.419 e. The zero-order valence-electron chi connectivity index (χ0n) is 10.7. The highest BCUT2D eigenvalue weighted by Crippen LogP contribution is 2.35. The summed E-state index contributed by atoms with van der Waals surface area (Å²) < 4.78 is 38.2. The zero-order chi connectivity index (χ0) is 15.5. The van der Waals surface area contributed by atoms with Crippen LogP contribution in [-0.2, 0) is 6.18 Å². The number of hydrogen-bond acceptors (Lipinski definition) is 6. The van der Waals surface area contributed by atoms with Crippen LogP contribution in [-0.4, -0.2) is 22.0 Å². The van der Waals surface area contributed by atoms with Crippen LogP contribution in [0.4, 0.5) is 30.5 Å². The fourth-order valence-electron chi connectivity index (χ4n) is 1.54. The van der Waals surface area contributed by atoms with Gasteiger partial charge in [0.15, 0.2) is 5.69 Å². The number of anilines is 3. The van der Waals surface area contributed by atoms with Gasteiger partial charge in [0.25, 0.3) is 0 Å². The highest BCUT2D eigenvalue weighted by atomic mass is 19.4. The fraction of sp³-hybridized carbons (Fsp3) is 0.167. The third kappa shape index (κ3) is 3.36. The minimum atomic E-state index is -4.49. The summed E-state index contributed by atoms with van der Waals surface area (Å²) in [7, 11) is 1.38. The Hall–Kier alpha value is -2.89. The van der Waals surface area contributed by atoms with E-state index in [1.54, 1.807) is 0 Å². The van der Waals surface area contributed by atoms with E-state index in [1.807, 2.05) is 6.07 Å². The first-order chi connectivity index (χ1) is 9.94. The van der Waals surface area contributed by atoms with Crippen molar-refractivity contribution >= 4 is 17.3 Å². The minimum absolute atomic E-state index is 0.110. The fourth-order valence-corrected chi connectivity index (χ4v) is 1.54. The van der Waals surface area contributed by atoms with Crippen LogP contribution >= 0.6 is 0 Å². The maximum absolute atomic E-state index is 12.7. The molecule has 0 spiro atoms. The second-order valence-corrected chi connectivity index (χ2v) is 3.89. The number of nitrogens with one attached hydrogen (secondary N) is 2. The van der Waals surface area contributed by atoms with Gasteiger partial charge in [0.05, 0.1) is 23.6 Å². The average molecular weight is 294 g/mol. The van der Waals surface area contributed by atoms with Crippen LogP contribution in [0.1, 0.15) is 11.3 Å². The SMILES string of the molecule is CNc1cc(Nc2cnc(C#N)cn2)ncc1C(F)(F)F. The van der Waals surface area contributed by atoms with Gasteiger partial charge < -0.3 is 10.6 Å². The third-order valence-electron chi connectivity index (χ3n) is 2.50. The van der Waals surface area contributed by atoms with Crippen molar-refractivity contribution in [1.29, 1.82) is 5.26 Å². The Morgan fingerprint density at radius 3 is 2.33 bits per heavy atom. The van der Waals surface area contributed by atoms with Crippen LogP contribution in [0.5, 0.6) is 0 Å². The molecule has 0 aliphatic heterocycles. The van der Waals surface area contributed by atoms with Gasteiger partial charge in [-0.3, -0.25) is 0 Å². The summed E-state index contributed by atoms with van der Waals surface area (Å²) in [6.07, 6.45) is -1.23. The number of pyridine rings is 1. The predicted octanol–water partition coefficient (Wildman–Crippen LogP) is 2.55. The molecule has 2 rings (SSSR count). The monoisotopic (exact) mass is 294 g/mol. The number of rotatable bonds is 3. The molecular weight excluding hydrogens is 285 g/mol. The molecule has 0 unspecified atom stereocenters. The summed E-state index contributed by atoms with van der Waals surface area (Å²) in [6.45, 7) is 0. The Bertz CT molecular complexity index is 675. The van der Waals surface area contributed by atoms with Crippen molar-refractivity contribution in [2.24, 2.45) is 0 Å². The van der Waals surface area contributed by atoms with Gasteiger partial charge in [-0.15, -0.1) is 0 Å². The number of hydrogen-bond donors (Lipinski definition) is 2. The largest absolute Gasteiger partial charge is 0.419 e. The van der Waals surface area contributed by atoms with Crippen molar-refractivity contribution in [3.8, 4) is 6.07 Å². The van der Waals surface area contributed by atoms with E-state index >= 15 is 0 Å². The van der Waals surface area contributed by atoms with E-state index in [-0.39, 0.29) is 23.0 Å². The quantitative estimate of drug-likeness (QED) is 0.904. The normalized spacial score (nSPS) is 10.8. The van der Waals surface area contributed by atoms with Gasteiger partial charge in [0, 0.05) is 19.3 Å². The van der Waals surface area contributed by atoms with Crippen molar-refractivity contribution in [2.75, 3.05) is 17.7 Å². The van der Waals surface area contributed by atoms with Crippen molar-refractivity contribution in [3.05, 3.63) is 35.9 Å². The molecule has 0 bridgehead atoms. The molecule has 0 saturated carbocycles. The average Bonchev–Trinajstić information content (AvgIpc) is 2.46. The van der Waals surface area contributed by atoms with Crippen molar-refractivity contribution in [3.63, 3.8) is 0 Å². The Kier molecular flexibility index (Phi) is 3.89. The molecule has 2 aromatic rings. The van der Waals surface area contributed by atoms with Gasteiger partial charge >= 0.3 is 6.18 Å². The third-order valence-corrected chi connectivity index (χ3v) is 2.50. The van der Waals surface area contributed by atoms with E-state index in [2.05, 4.69) is 25.6 Å². The standard InChI is InChI=1S/C12H9F3N6/c1-17-9-2-10(20-5-8(9)12(13,14)15)21-11-6-18-7(3-16)4-19-11/h2,4-6H,1H3,(H2,17,19,20,21). The lowest BCUT2D eigenvalue weighted by atomic mass is 10.2. The first kappa shape index (κ1) is 14.5. The molecule has 2 aromatic heterocycles. The summed E-state index contributed by atoms with van der Waals surface area (Å²) in [4.78, 5) is 11.4. The summed E-state index contributed by atoms with van der Waals surface area (Å²) in [5.41, 5.74) is -0.833. The van der Waals surface area contributed by atoms with Gasteiger partial charge in [-0.05, 0) is 0 Å². The molecule has 21 heavy (non-hydrogen) atoms. The molecule has 0 aliphatic rings. The topological polar surface area (TPSA) is 86.5 Å². The van der Waals surface area contributed by atoms with E-state index < -0.39 is 11.7 Å². The molecule has 0 saturated heterocycles. The molecule has 108 valence electrons. The van der Waals surface area contributed by atoms with E-state index in [0.29, 0.717) is 0 Å². The molecule has 0 fully saturated rings. The highest BCUT2D eigenvalue weighted by Gasteiger charge is 2.34. The minimum Gasteiger partial charge on any atom is -0.387 e. The Morgan fingerprint density at radius 1 is 1.10 bits per heavy atom. The van der Waals surface area contributed by atoms with Crippen LogP contribution in [0.25, 0.3) is 0 Å². The van der Waals surface area contributed by atoms with Crippen molar-refractivity contribution in [1.82, 2.24) is 15.0 Å². The van der Waals surface area contributed by atoms with Crippen LogP contribution < -0.4 is 10.6 Å². The molecule has 0 atom stereocenters. The Balaban J connectivity index is 2.27. The first-order valence-electron chi connectivity index (χ1n) is 5.68. The molecule has 2 N–H and O–H groups in total. The van der Waals surface area contributed by atoms with Crippen LogP contribution in [0.2, 0.25) is 0 Å². The lowest BCUT2D eigenvalue weighted by Gasteiger charge is -2.13. The van der Waals surface area contributed by atoms with Crippen LogP contribution in [0.3, 0.4) is 0 Å². The lowest BCUT2D eigenvalue weighted by Crippen LogP contribution is -2.10. The second-order valence-electron chi connectivity index (χ2n) is 3.89. The predicted molar refractivity (Wildman–Crippen MR) is 68.8 cm³/mol. The van der Waals surface area contributed by atoms with Crippen LogP contribution in [0.15, 0.2) is 24.7 Å². The highest BCUT2D eigenvalue weighted by molar-refractivity contribution is 5.61. The molecule has 6 nitrogen and oxygen atoms in total. The molecular formula is C12H9F3N6. The smallest absolute Gasteiger partial charge is 0.387 e. The van der Waals surface area contributed by atoms with Gasteiger partial charge in [-0.25, -0.2) is 15.0 Å². The first-order valence-corrected chi connectivity index (χ1v) is 5.68. The molecule has 9 heteroatoms. The van der Waals surface area contributed by atoms with Gasteiger partial charge in [-0.2, -0.15) is 18.4 Å². The summed E-state index contributed by atoms with van der Waals surface area (Å²) in [5.74, 6) is 0.440. The number of alkyl halides is 3. The molecule has 2 heterocycles. The van der Waals surface area contributed by atoms with Gasteiger partial charge in [0.1, 0.15) is 17.7 Å². The van der Waals surface area contributed by atoms with Crippen molar-refractivity contribution in [2.45, 2.75) is 6.18 Å².